The van der Waals surface area contributed by atoms with Gasteiger partial charge < -0.3 is 15.0 Å². The second-order valence-corrected chi connectivity index (χ2v) is 9.33. The van der Waals surface area contributed by atoms with Crippen LogP contribution in [0.15, 0.2) is 36.4 Å². The third-order valence-corrected chi connectivity index (χ3v) is 7.79. The van der Waals surface area contributed by atoms with E-state index in [9.17, 15) is 4.79 Å². The SMILES string of the molecule is CCOC(=O)N[C@H]1CC2(CCN(C[C@H]3C[C@@H]4C=C[C@H]3C4)CC2)c2ccccc21. The Kier molecular flexibility index (Phi) is 4.70. The zero-order chi connectivity index (χ0) is 19.1. The number of amides is 1. The summed E-state index contributed by atoms with van der Waals surface area (Å²) in [7, 11) is 0. The van der Waals surface area contributed by atoms with Crippen molar-refractivity contribution >= 4 is 6.09 Å². The largest absolute Gasteiger partial charge is 0.450 e. The topological polar surface area (TPSA) is 41.6 Å². The van der Waals surface area contributed by atoms with Crippen molar-refractivity contribution in [2.75, 3.05) is 26.2 Å². The molecule has 0 radical (unpaired) electrons. The molecule has 1 saturated carbocycles. The van der Waals surface area contributed by atoms with Crippen LogP contribution in [0.2, 0.25) is 0 Å². The summed E-state index contributed by atoms with van der Waals surface area (Å²) >= 11 is 0. The van der Waals surface area contributed by atoms with Crippen molar-refractivity contribution in [2.45, 2.75) is 50.5 Å². The van der Waals surface area contributed by atoms with Crippen LogP contribution in [0, 0.1) is 17.8 Å². The number of likely N-dealkylation sites (tertiary alicyclic amines) is 1. The quantitative estimate of drug-likeness (QED) is 0.786. The minimum Gasteiger partial charge on any atom is -0.450 e. The first-order chi connectivity index (χ1) is 13.7. The summed E-state index contributed by atoms with van der Waals surface area (Å²) in [5.74, 6) is 2.58. The first kappa shape index (κ1) is 18.2. The normalized spacial score (nSPS) is 32.6. The molecule has 150 valence electrons. The number of piperidine rings is 1. The standard InChI is InChI=1S/C24H32N2O2/c1-2-28-23(27)25-22-15-24(21-6-4-3-5-20(21)22)9-11-26(12-10-24)16-19-14-17-7-8-18(19)13-17/h3-8,17-19,22H,2,9-16H2,1H3,(H,25,27)/t17-,18+,19-,22+/m1/s1. The molecule has 1 amide bonds. The van der Waals surface area contributed by atoms with Gasteiger partial charge in [0, 0.05) is 12.0 Å². The smallest absolute Gasteiger partial charge is 0.407 e. The molecule has 1 heterocycles. The van der Waals surface area contributed by atoms with Gasteiger partial charge in [-0.25, -0.2) is 4.79 Å². The van der Waals surface area contributed by atoms with E-state index in [1.54, 1.807) is 0 Å². The predicted molar refractivity (Wildman–Crippen MR) is 110 cm³/mol. The van der Waals surface area contributed by atoms with Crippen LogP contribution in [0.25, 0.3) is 0 Å². The number of fused-ring (bicyclic) bond motifs is 4. The van der Waals surface area contributed by atoms with Gasteiger partial charge in [-0.15, -0.1) is 0 Å². The molecular weight excluding hydrogens is 348 g/mol. The van der Waals surface area contributed by atoms with E-state index in [0.29, 0.717) is 6.61 Å². The van der Waals surface area contributed by atoms with E-state index in [-0.39, 0.29) is 17.6 Å². The number of allylic oxidation sites excluding steroid dienone is 2. The first-order valence-electron chi connectivity index (χ1n) is 11.1. The van der Waals surface area contributed by atoms with Crippen molar-refractivity contribution in [3.8, 4) is 0 Å². The number of carbonyl (C=O) groups is 1. The van der Waals surface area contributed by atoms with Crippen LogP contribution < -0.4 is 5.32 Å². The molecule has 28 heavy (non-hydrogen) atoms. The van der Waals surface area contributed by atoms with Crippen LogP contribution in [0.5, 0.6) is 0 Å². The Labute approximate surface area is 168 Å². The molecular formula is C24H32N2O2. The summed E-state index contributed by atoms with van der Waals surface area (Å²) in [4.78, 5) is 14.7. The molecule has 1 aromatic carbocycles. The number of hydrogen-bond donors (Lipinski definition) is 1. The van der Waals surface area contributed by atoms with Crippen LogP contribution in [0.3, 0.4) is 0 Å². The molecule has 1 aliphatic heterocycles. The van der Waals surface area contributed by atoms with E-state index in [1.807, 2.05) is 6.92 Å². The molecule has 5 rings (SSSR count). The highest BCUT2D eigenvalue weighted by Gasteiger charge is 2.46. The molecule has 1 saturated heterocycles. The lowest BCUT2D eigenvalue weighted by atomic mass is 9.73. The van der Waals surface area contributed by atoms with E-state index in [0.717, 1.165) is 24.2 Å². The lowest BCUT2D eigenvalue weighted by Gasteiger charge is -2.41. The summed E-state index contributed by atoms with van der Waals surface area (Å²) in [6.45, 7) is 5.90. The number of nitrogens with one attached hydrogen (secondary N) is 1. The van der Waals surface area contributed by atoms with E-state index < -0.39 is 0 Å². The number of benzene rings is 1. The molecule has 1 N–H and O–H groups in total. The number of nitrogens with zero attached hydrogens (tertiary/aromatic N) is 1. The molecule has 4 atom stereocenters. The molecule has 0 unspecified atom stereocenters. The molecule has 2 bridgehead atoms. The van der Waals surface area contributed by atoms with Gasteiger partial charge in [-0.1, -0.05) is 36.4 Å². The third-order valence-electron chi connectivity index (χ3n) is 7.79. The number of alkyl carbamates (subject to hydrolysis) is 1. The maximum atomic E-state index is 12.0. The molecule has 1 aromatic rings. The first-order valence-corrected chi connectivity index (χ1v) is 11.1. The van der Waals surface area contributed by atoms with Gasteiger partial charge in [0.05, 0.1) is 12.6 Å². The van der Waals surface area contributed by atoms with E-state index in [1.165, 1.54) is 56.4 Å². The zero-order valence-electron chi connectivity index (χ0n) is 16.9. The number of ether oxygens (including phenoxy) is 1. The summed E-state index contributed by atoms with van der Waals surface area (Å²) in [5, 5.41) is 3.11. The minimum absolute atomic E-state index is 0.0810. The Morgan fingerprint density at radius 3 is 2.75 bits per heavy atom. The van der Waals surface area contributed by atoms with Gasteiger partial charge in [-0.2, -0.15) is 0 Å². The van der Waals surface area contributed by atoms with Gasteiger partial charge in [0.2, 0.25) is 0 Å². The predicted octanol–water partition coefficient (Wildman–Crippen LogP) is 4.42. The van der Waals surface area contributed by atoms with Gasteiger partial charge in [0.15, 0.2) is 0 Å². The summed E-state index contributed by atoms with van der Waals surface area (Å²) in [6.07, 6.45) is 10.8. The summed E-state index contributed by atoms with van der Waals surface area (Å²) in [6, 6.07) is 8.81. The van der Waals surface area contributed by atoms with Crippen molar-refractivity contribution in [1.82, 2.24) is 10.2 Å². The molecule has 1 spiro atoms. The second-order valence-electron chi connectivity index (χ2n) is 9.33. The Morgan fingerprint density at radius 1 is 1.21 bits per heavy atom. The highest BCUT2D eigenvalue weighted by Crippen LogP contribution is 2.51. The van der Waals surface area contributed by atoms with E-state index in [4.69, 9.17) is 4.74 Å². The maximum Gasteiger partial charge on any atom is 0.407 e. The van der Waals surface area contributed by atoms with E-state index in [2.05, 4.69) is 46.6 Å². The molecule has 4 aliphatic rings. The monoisotopic (exact) mass is 380 g/mol. The highest BCUT2D eigenvalue weighted by molar-refractivity contribution is 5.68. The van der Waals surface area contributed by atoms with Crippen LogP contribution in [0.4, 0.5) is 4.79 Å². The molecule has 4 nitrogen and oxygen atoms in total. The second kappa shape index (κ2) is 7.22. The summed E-state index contributed by atoms with van der Waals surface area (Å²) < 4.78 is 5.15. The third kappa shape index (κ3) is 3.16. The Morgan fingerprint density at radius 2 is 2.04 bits per heavy atom. The fraction of sp³-hybridized carbons (Fsp3) is 0.625. The van der Waals surface area contributed by atoms with Gasteiger partial charge >= 0.3 is 6.09 Å². The number of rotatable bonds is 4. The van der Waals surface area contributed by atoms with Gasteiger partial charge in [-0.3, -0.25) is 0 Å². The van der Waals surface area contributed by atoms with Gasteiger partial charge in [0.25, 0.3) is 0 Å². The van der Waals surface area contributed by atoms with Crippen molar-refractivity contribution < 1.29 is 9.53 Å². The average Bonchev–Trinajstić information content (AvgIpc) is 3.39. The molecule has 2 fully saturated rings. The summed E-state index contributed by atoms with van der Waals surface area (Å²) in [5.41, 5.74) is 2.97. The molecule has 4 heteroatoms. The van der Waals surface area contributed by atoms with Crippen LogP contribution >= 0.6 is 0 Å². The van der Waals surface area contributed by atoms with Gasteiger partial charge in [0.1, 0.15) is 0 Å². The van der Waals surface area contributed by atoms with Crippen molar-refractivity contribution in [1.29, 1.82) is 0 Å². The maximum absolute atomic E-state index is 12.0. The van der Waals surface area contributed by atoms with Gasteiger partial charge in [-0.05, 0) is 81.0 Å². The van der Waals surface area contributed by atoms with Crippen molar-refractivity contribution in [2.24, 2.45) is 17.8 Å². The Balaban J connectivity index is 1.26. The molecule has 0 aromatic heterocycles. The lowest BCUT2D eigenvalue weighted by Crippen LogP contribution is -2.44. The highest BCUT2D eigenvalue weighted by atomic mass is 16.5. The Hall–Kier alpha value is -1.81. The van der Waals surface area contributed by atoms with Crippen LogP contribution in [0.1, 0.15) is 56.2 Å². The zero-order valence-corrected chi connectivity index (χ0v) is 16.9. The van der Waals surface area contributed by atoms with Crippen molar-refractivity contribution in [3.05, 3.63) is 47.5 Å². The van der Waals surface area contributed by atoms with Crippen LogP contribution in [-0.4, -0.2) is 37.2 Å². The Bertz CT molecular complexity index is 766. The average molecular weight is 381 g/mol. The van der Waals surface area contributed by atoms with Crippen molar-refractivity contribution in [3.63, 3.8) is 0 Å². The minimum atomic E-state index is -0.291. The fourth-order valence-corrected chi connectivity index (χ4v) is 6.41. The lowest BCUT2D eigenvalue weighted by molar-refractivity contribution is 0.124. The van der Waals surface area contributed by atoms with E-state index >= 15 is 0 Å². The fourth-order valence-electron chi connectivity index (χ4n) is 6.41. The number of hydrogen-bond acceptors (Lipinski definition) is 3. The van der Waals surface area contributed by atoms with Crippen LogP contribution in [-0.2, 0) is 10.2 Å². The number of carbonyl (C=O) groups excluding carboxylic acids is 1. The molecule has 3 aliphatic carbocycles.